The summed E-state index contributed by atoms with van der Waals surface area (Å²) in [5.41, 5.74) is 1.02. The number of benzene rings is 1. The van der Waals surface area contributed by atoms with Gasteiger partial charge in [0.05, 0.1) is 0 Å². The molecule has 2 nitrogen and oxygen atoms in total. The van der Waals surface area contributed by atoms with Crippen molar-refractivity contribution in [2.45, 2.75) is 52.1 Å². The quantitative estimate of drug-likeness (QED) is 0.728. The molecule has 3 heteroatoms. The molecule has 0 amide bonds. The third kappa shape index (κ3) is 4.20. The molecule has 0 saturated heterocycles. The van der Waals surface area contributed by atoms with Gasteiger partial charge in [0.25, 0.3) is 0 Å². The first-order chi connectivity index (χ1) is 9.72. The molecule has 0 radical (unpaired) electrons. The van der Waals surface area contributed by atoms with E-state index in [0.717, 1.165) is 37.2 Å². The van der Waals surface area contributed by atoms with Crippen molar-refractivity contribution in [2.24, 2.45) is 5.92 Å². The van der Waals surface area contributed by atoms with Crippen LogP contribution in [0.1, 0.15) is 45.1 Å². The lowest BCUT2D eigenvalue weighted by atomic mass is 9.94. The van der Waals surface area contributed by atoms with Crippen LogP contribution in [0.2, 0.25) is 0 Å². The minimum atomic E-state index is -0.164. The topological polar surface area (TPSA) is 21.3 Å². The molecule has 1 aliphatic heterocycles. The van der Waals surface area contributed by atoms with Crippen LogP contribution in [0, 0.1) is 11.7 Å². The molecule has 0 aromatic heterocycles. The van der Waals surface area contributed by atoms with Crippen molar-refractivity contribution in [2.75, 3.05) is 13.1 Å². The fraction of sp³-hybridized carbons (Fsp3) is 0.647. The number of hydrogen-bond acceptors (Lipinski definition) is 2. The summed E-state index contributed by atoms with van der Waals surface area (Å²) in [5.74, 6) is 1.35. The monoisotopic (exact) mass is 279 g/mol. The highest BCUT2D eigenvalue weighted by Crippen LogP contribution is 2.32. The van der Waals surface area contributed by atoms with E-state index in [9.17, 15) is 4.39 Å². The lowest BCUT2D eigenvalue weighted by Crippen LogP contribution is -2.28. The zero-order valence-corrected chi connectivity index (χ0v) is 12.6. The summed E-state index contributed by atoms with van der Waals surface area (Å²) in [7, 11) is 0. The van der Waals surface area contributed by atoms with Gasteiger partial charge >= 0.3 is 0 Å². The maximum atomic E-state index is 13.2. The van der Waals surface area contributed by atoms with Gasteiger partial charge in [0.2, 0.25) is 0 Å². The Morgan fingerprint density at radius 1 is 1.35 bits per heavy atom. The standard InChI is InChI=1S/C17H26FNO/c1-3-5-13(12-19-8-4-2)9-16-11-14-10-15(18)6-7-17(14)20-16/h6-7,10,13,16,19H,3-5,8-9,11-12H2,1-2H3. The summed E-state index contributed by atoms with van der Waals surface area (Å²) in [6.07, 6.45) is 5.71. The van der Waals surface area contributed by atoms with Gasteiger partial charge in [-0.1, -0.05) is 20.3 Å². The highest BCUT2D eigenvalue weighted by molar-refractivity contribution is 5.37. The fourth-order valence-electron chi connectivity index (χ4n) is 2.99. The molecule has 20 heavy (non-hydrogen) atoms. The zero-order valence-electron chi connectivity index (χ0n) is 12.6. The van der Waals surface area contributed by atoms with Crippen LogP contribution < -0.4 is 10.1 Å². The van der Waals surface area contributed by atoms with E-state index in [-0.39, 0.29) is 11.9 Å². The lowest BCUT2D eigenvalue weighted by molar-refractivity contribution is 0.187. The second kappa shape index (κ2) is 7.63. The summed E-state index contributed by atoms with van der Waals surface area (Å²) >= 11 is 0. The molecule has 2 atom stereocenters. The summed E-state index contributed by atoms with van der Waals surface area (Å²) < 4.78 is 19.2. The summed E-state index contributed by atoms with van der Waals surface area (Å²) in [6, 6.07) is 4.85. The molecule has 0 fully saturated rings. The fourth-order valence-corrected chi connectivity index (χ4v) is 2.99. The molecule has 1 aliphatic rings. The minimum absolute atomic E-state index is 0.164. The molecular formula is C17H26FNO. The van der Waals surface area contributed by atoms with Gasteiger partial charge in [-0.2, -0.15) is 0 Å². The third-order valence-corrected chi connectivity index (χ3v) is 3.92. The van der Waals surface area contributed by atoms with Gasteiger partial charge in [-0.05, 0) is 56.5 Å². The van der Waals surface area contributed by atoms with Crippen LogP contribution in [0.3, 0.4) is 0 Å². The van der Waals surface area contributed by atoms with Crippen molar-refractivity contribution in [3.05, 3.63) is 29.6 Å². The number of hydrogen-bond donors (Lipinski definition) is 1. The second-order valence-electron chi connectivity index (χ2n) is 5.79. The van der Waals surface area contributed by atoms with Gasteiger partial charge in [0.15, 0.2) is 0 Å². The van der Waals surface area contributed by atoms with E-state index < -0.39 is 0 Å². The first-order valence-electron chi connectivity index (χ1n) is 7.88. The van der Waals surface area contributed by atoms with Crippen molar-refractivity contribution in [3.63, 3.8) is 0 Å². The third-order valence-electron chi connectivity index (χ3n) is 3.92. The Labute approximate surface area is 121 Å². The highest BCUT2D eigenvalue weighted by Gasteiger charge is 2.25. The van der Waals surface area contributed by atoms with Crippen molar-refractivity contribution >= 4 is 0 Å². The number of fused-ring (bicyclic) bond motifs is 1. The van der Waals surface area contributed by atoms with Crippen molar-refractivity contribution in [1.29, 1.82) is 0 Å². The molecule has 0 spiro atoms. The number of rotatable bonds is 8. The lowest BCUT2D eigenvalue weighted by Gasteiger charge is -2.20. The Hall–Kier alpha value is -1.09. The molecule has 2 rings (SSSR count). The molecule has 2 unspecified atom stereocenters. The smallest absolute Gasteiger partial charge is 0.123 e. The van der Waals surface area contributed by atoms with Gasteiger partial charge in [-0.25, -0.2) is 4.39 Å². The molecule has 112 valence electrons. The van der Waals surface area contributed by atoms with E-state index in [0.29, 0.717) is 5.92 Å². The SMILES string of the molecule is CCCNCC(CCC)CC1Cc2cc(F)ccc2O1. The highest BCUT2D eigenvalue weighted by atomic mass is 19.1. The van der Waals surface area contributed by atoms with Crippen LogP contribution in [-0.2, 0) is 6.42 Å². The van der Waals surface area contributed by atoms with Crippen LogP contribution in [0.5, 0.6) is 5.75 Å². The minimum Gasteiger partial charge on any atom is -0.490 e. The summed E-state index contributed by atoms with van der Waals surface area (Å²) in [4.78, 5) is 0. The van der Waals surface area contributed by atoms with Gasteiger partial charge in [-0.3, -0.25) is 0 Å². The van der Waals surface area contributed by atoms with Gasteiger partial charge < -0.3 is 10.1 Å². The molecule has 0 aliphatic carbocycles. The first-order valence-corrected chi connectivity index (χ1v) is 7.88. The molecule has 0 bridgehead atoms. The summed E-state index contributed by atoms with van der Waals surface area (Å²) in [6.45, 7) is 6.56. The number of halogens is 1. The van der Waals surface area contributed by atoms with Crippen LogP contribution in [0.4, 0.5) is 4.39 Å². The van der Waals surface area contributed by atoms with Crippen LogP contribution in [0.15, 0.2) is 18.2 Å². The molecule has 1 aromatic carbocycles. The molecule has 0 saturated carbocycles. The van der Waals surface area contributed by atoms with E-state index in [4.69, 9.17) is 4.74 Å². The van der Waals surface area contributed by atoms with Crippen molar-refractivity contribution < 1.29 is 9.13 Å². The Morgan fingerprint density at radius 3 is 2.95 bits per heavy atom. The molecule has 1 aromatic rings. The predicted octanol–water partition coefficient (Wildman–Crippen LogP) is 3.94. The Kier molecular flexibility index (Phi) is 5.84. The van der Waals surface area contributed by atoms with E-state index in [1.807, 2.05) is 0 Å². The number of ether oxygens (including phenoxy) is 1. The predicted molar refractivity (Wildman–Crippen MR) is 80.7 cm³/mol. The van der Waals surface area contributed by atoms with E-state index in [2.05, 4.69) is 19.2 Å². The maximum absolute atomic E-state index is 13.2. The van der Waals surface area contributed by atoms with Gasteiger partial charge in [-0.15, -0.1) is 0 Å². The molecule has 1 heterocycles. The average Bonchev–Trinajstić information content (AvgIpc) is 2.80. The van der Waals surface area contributed by atoms with E-state index >= 15 is 0 Å². The van der Waals surface area contributed by atoms with Crippen LogP contribution >= 0.6 is 0 Å². The van der Waals surface area contributed by atoms with Crippen molar-refractivity contribution in [1.82, 2.24) is 5.32 Å². The Bertz CT molecular complexity index is 421. The second-order valence-corrected chi connectivity index (χ2v) is 5.79. The van der Waals surface area contributed by atoms with E-state index in [1.165, 1.54) is 25.3 Å². The van der Waals surface area contributed by atoms with E-state index in [1.54, 1.807) is 12.1 Å². The molecular weight excluding hydrogens is 253 g/mol. The van der Waals surface area contributed by atoms with Crippen molar-refractivity contribution in [3.8, 4) is 5.75 Å². The zero-order chi connectivity index (χ0) is 14.4. The maximum Gasteiger partial charge on any atom is 0.123 e. The first kappa shape index (κ1) is 15.3. The van der Waals surface area contributed by atoms with Gasteiger partial charge in [0.1, 0.15) is 17.7 Å². The van der Waals surface area contributed by atoms with Crippen LogP contribution in [-0.4, -0.2) is 19.2 Å². The van der Waals surface area contributed by atoms with Gasteiger partial charge in [0, 0.05) is 12.0 Å². The summed E-state index contributed by atoms with van der Waals surface area (Å²) in [5, 5.41) is 3.51. The van der Waals surface area contributed by atoms with Crippen LogP contribution in [0.25, 0.3) is 0 Å². The average molecular weight is 279 g/mol. The molecule has 1 N–H and O–H groups in total. The largest absolute Gasteiger partial charge is 0.490 e. The Balaban J connectivity index is 1.86. The normalized spacial score (nSPS) is 18.6. The number of nitrogens with one attached hydrogen (secondary N) is 1. The Morgan fingerprint density at radius 2 is 2.20 bits per heavy atom.